The standard InChI is InChI=1S/C19H21ClN2O3/c1-2-14-7-10-16(11-8-14)25-13-19(24)22-21-18(23)12-9-15-5-3-4-6-17(15)20/h3-8,10-11H,2,9,12-13H2,1H3,(H,21,23)(H,22,24). The van der Waals surface area contributed by atoms with Crippen LogP contribution in [0.3, 0.4) is 0 Å². The Morgan fingerprint density at radius 2 is 1.68 bits per heavy atom. The molecular weight excluding hydrogens is 340 g/mol. The zero-order valence-electron chi connectivity index (χ0n) is 14.0. The van der Waals surface area contributed by atoms with Crippen molar-refractivity contribution >= 4 is 23.4 Å². The molecule has 0 aromatic heterocycles. The maximum atomic E-state index is 11.8. The Hall–Kier alpha value is -2.53. The highest BCUT2D eigenvalue weighted by molar-refractivity contribution is 6.31. The smallest absolute Gasteiger partial charge is 0.276 e. The molecule has 0 bridgehead atoms. The first-order valence-corrected chi connectivity index (χ1v) is 8.49. The van der Waals surface area contributed by atoms with Gasteiger partial charge >= 0.3 is 0 Å². The van der Waals surface area contributed by atoms with Gasteiger partial charge in [-0.2, -0.15) is 0 Å². The highest BCUT2D eigenvalue weighted by Crippen LogP contribution is 2.16. The number of amides is 2. The maximum Gasteiger partial charge on any atom is 0.276 e. The fourth-order valence-corrected chi connectivity index (χ4v) is 2.39. The lowest BCUT2D eigenvalue weighted by molar-refractivity contribution is -0.130. The Labute approximate surface area is 152 Å². The first kappa shape index (κ1) is 18.8. The van der Waals surface area contributed by atoms with Crippen molar-refractivity contribution in [3.63, 3.8) is 0 Å². The molecule has 2 rings (SSSR count). The molecule has 0 saturated carbocycles. The van der Waals surface area contributed by atoms with Crippen molar-refractivity contribution in [2.24, 2.45) is 0 Å². The highest BCUT2D eigenvalue weighted by Gasteiger charge is 2.07. The van der Waals surface area contributed by atoms with Crippen LogP contribution in [-0.4, -0.2) is 18.4 Å². The molecular formula is C19H21ClN2O3. The molecule has 2 N–H and O–H groups in total. The van der Waals surface area contributed by atoms with Gasteiger partial charge in [-0.25, -0.2) is 0 Å². The number of nitrogens with one attached hydrogen (secondary N) is 2. The molecule has 0 spiro atoms. The first-order valence-electron chi connectivity index (χ1n) is 8.11. The third-order valence-electron chi connectivity index (χ3n) is 3.62. The summed E-state index contributed by atoms with van der Waals surface area (Å²) in [4.78, 5) is 23.5. The number of carbonyl (C=O) groups is 2. The van der Waals surface area contributed by atoms with E-state index in [4.69, 9.17) is 16.3 Å². The molecule has 2 amide bonds. The number of hydrogen-bond donors (Lipinski definition) is 2. The van der Waals surface area contributed by atoms with Crippen molar-refractivity contribution in [1.82, 2.24) is 10.9 Å². The quantitative estimate of drug-likeness (QED) is 0.746. The number of benzene rings is 2. The number of aryl methyl sites for hydroxylation is 2. The van der Waals surface area contributed by atoms with E-state index in [9.17, 15) is 9.59 Å². The van der Waals surface area contributed by atoms with Crippen LogP contribution in [-0.2, 0) is 22.4 Å². The average molecular weight is 361 g/mol. The molecule has 132 valence electrons. The van der Waals surface area contributed by atoms with Crippen LogP contribution in [0.4, 0.5) is 0 Å². The van der Waals surface area contributed by atoms with Gasteiger partial charge < -0.3 is 4.74 Å². The van der Waals surface area contributed by atoms with Crippen LogP contribution >= 0.6 is 11.6 Å². The van der Waals surface area contributed by atoms with Gasteiger partial charge in [0, 0.05) is 11.4 Å². The third-order valence-corrected chi connectivity index (χ3v) is 3.99. The van der Waals surface area contributed by atoms with Crippen LogP contribution in [0.1, 0.15) is 24.5 Å². The molecule has 25 heavy (non-hydrogen) atoms. The minimum absolute atomic E-state index is 0.170. The van der Waals surface area contributed by atoms with Crippen LogP contribution < -0.4 is 15.6 Å². The van der Waals surface area contributed by atoms with Crippen LogP contribution in [0.2, 0.25) is 5.02 Å². The summed E-state index contributed by atoms with van der Waals surface area (Å²) >= 11 is 6.04. The molecule has 0 heterocycles. The van der Waals surface area contributed by atoms with Gasteiger partial charge in [0.1, 0.15) is 5.75 Å². The highest BCUT2D eigenvalue weighted by atomic mass is 35.5. The second-order valence-corrected chi connectivity index (χ2v) is 5.88. The molecule has 0 aliphatic carbocycles. The lowest BCUT2D eigenvalue weighted by Gasteiger charge is -2.09. The molecule has 0 fully saturated rings. The van der Waals surface area contributed by atoms with E-state index in [2.05, 4.69) is 17.8 Å². The topological polar surface area (TPSA) is 67.4 Å². The summed E-state index contributed by atoms with van der Waals surface area (Å²) in [7, 11) is 0. The van der Waals surface area contributed by atoms with Gasteiger partial charge in [0.25, 0.3) is 5.91 Å². The number of hydrazine groups is 1. The number of carbonyl (C=O) groups excluding carboxylic acids is 2. The summed E-state index contributed by atoms with van der Waals surface area (Å²) < 4.78 is 5.36. The fraction of sp³-hybridized carbons (Fsp3) is 0.263. The molecule has 2 aromatic rings. The lowest BCUT2D eigenvalue weighted by Crippen LogP contribution is -2.43. The SMILES string of the molecule is CCc1ccc(OCC(=O)NNC(=O)CCc2ccccc2Cl)cc1. The minimum atomic E-state index is -0.425. The van der Waals surface area contributed by atoms with Crippen LogP contribution in [0.25, 0.3) is 0 Å². The summed E-state index contributed by atoms with van der Waals surface area (Å²) in [6, 6.07) is 14.9. The lowest BCUT2D eigenvalue weighted by atomic mass is 10.1. The summed E-state index contributed by atoms with van der Waals surface area (Å²) in [5, 5.41) is 0.627. The van der Waals surface area contributed by atoms with Crippen LogP contribution in [0.15, 0.2) is 48.5 Å². The Bertz CT molecular complexity index is 717. The zero-order chi connectivity index (χ0) is 18.1. The second-order valence-electron chi connectivity index (χ2n) is 5.47. The monoisotopic (exact) mass is 360 g/mol. The number of rotatable bonds is 7. The molecule has 0 unspecified atom stereocenters. The predicted octanol–water partition coefficient (Wildman–Crippen LogP) is 3.06. The first-order chi connectivity index (χ1) is 12.1. The number of ether oxygens (including phenoxy) is 1. The zero-order valence-corrected chi connectivity index (χ0v) is 14.8. The average Bonchev–Trinajstić information content (AvgIpc) is 2.64. The van der Waals surface area contributed by atoms with Gasteiger partial charge in [0.2, 0.25) is 5.91 Å². The van der Waals surface area contributed by atoms with Crippen molar-refractivity contribution in [3.05, 3.63) is 64.7 Å². The summed E-state index contributed by atoms with van der Waals surface area (Å²) in [5.74, 6) is -0.108. The van der Waals surface area contributed by atoms with E-state index >= 15 is 0 Å². The third kappa shape index (κ3) is 6.47. The van der Waals surface area contributed by atoms with E-state index in [0.29, 0.717) is 17.2 Å². The molecule has 0 aliphatic rings. The van der Waals surface area contributed by atoms with Gasteiger partial charge in [-0.15, -0.1) is 0 Å². The number of hydrogen-bond acceptors (Lipinski definition) is 3. The Morgan fingerprint density at radius 1 is 1.00 bits per heavy atom. The van der Waals surface area contributed by atoms with Crippen molar-refractivity contribution < 1.29 is 14.3 Å². The van der Waals surface area contributed by atoms with Gasteiger partial charge in [-0.05, 0) is 42.2 Å². The molecule has 0 aliphatic heterocycles. The molecule has 2 aromatic carbocycles. The van der Waals surface area contributed by atoms with Crippen molar-refractivity contribution in [2.45, 2.75) is 26.2 Å². The Morgan fingerprint density at radius 3 is 2.36 bits per heavy atom. The van der Waals surface area contributed by atoms with E-state index in [1.807, 2.05) is 42.5 Å². The number of halogens is 1. The van der Waals surface area contributed by atoms with Crippen LogP contribution in [0.5, 0.6) is 5.75 Å². The van der Waals surface area contributed by atoms with Crippen molar-refractivity contribution in [2.75, 3.05) is 6.61 Å². The molecule has 0 atom stereocenters. The van der Waals surface area contributed by atoms with Gasteiger partial charge in [0.05, 0.1) is 0 Å². The van der Waals surface area contributed by atoms with Crippen LogP contribution in [0, 0.1) is 0 Å². The van der Waals surface area contributed by atoms with Gasteiger partial charge in [-0.1, -0.05) is 48.9 Å². The van der Waals surface area contributed by atoms with E-state index in [0.717, 1.165) is 12.0 Å². The summed E-state index contributed by atoms with van der Waals surface area (Å²) in [6.07, 6.45) is 1.67. The predicted molar refractivity (Wildman–Crippen MR) is 97.4 cm³/mol. The fourth-order valence-electron chi connectivity index (χ4n) is 2.16. The summed E-state index contributed by atoms with van der Waals surface area (Å²) in [6.45, 7) is 1.90. The largest absolute Gasteiger partial charge is 0.484 e. The molecule has 0 radical (unpaired) electrons. The molecule has 6 heteroatoms. The van der Waals surface area contributed by atoms with Gasteiger partial charge in [0.15, 0.2) is 6.61 Å². The van der Waals surface area contributed by atoms with E-state index in [1.54, 1.807) is 6.07 Å². The van der Waals surface area contributed by atoms with E-state index in [-0.39, 0.29) is 18.9 Å². The Kier molecular flexibility index (Phi) is 7.29. The Balaban J connectivity index is 1.66. The molecule has 0 saturated heterocycles. The van der Waals surface area contributed by atoms with E-state index < -0.39 is 5.91 Å². The van der Waals surface area contributed by atoms with Gasteiger partial charge in [-0.3, -0.25) is 20.4 Å². The second kappa shape index (κ2) is 9.69. The molecule has 5 nitrogen and oxygen atoms in total. The normalized spacial score (nSPS) is 10.2. The van der Waals surface area contributed by atoms with Crippen molar-refractivity contribution in [1.29, 1.82) is 0 Å². The maximum absolute atomic E-state index is 11.8. The minimum Gasteiger partial charge on any atom is -0.484 e. The van der Waals surface area contributed by atoms with E-state index in [1.165, 1.54) is 5.56 Å². The summed E-state index contributed by atoms with van der Waals surface area (Å²) in [5.41, 5.74) is 6.78. The van der Waals surface area contributed by atoms with Crippen molar-refractivity contribution in [3.8, 4) is 5.75 Å².